The Morgan fingerprint density at radius 1 is 1.00 bits per heavy atom. The van der Waals surface area contributed by atoms with Crippen molar-refractivity contribution in [3.8, 4) is 0 Å². The van der Waals surface area contributed by atoms with Gasteiger partial charge < -0.3 is 19.5 Å². The molecule has 1 aliphatic heterocycles. The molecule has 1 saturated heterocycles. The zero-order valence-electron chi connectivity index (χ0n) is 19.6. The molecule has 0 saturated carbocycles. The van der Waals surface area contributed by atoms with Gasteiger partial charge in [-0.1, -0.05) is 42.5 Å². The maximum Gasteiger partial charge on any atom is 0.410 e. The molecule has 2 aromatic carbocycles. The molecule has 0 atom stereocenters. The van der Waals surface area contributed by atoms with E-state index in [1.165, 1.54) is 6.26 Å². The third-order valence-corrected chi connectivity index (χ3v) is 6.84. The standard InChI is InChI=1S/C25H31N3O4S/c1-25(2,3)32-24(29)28-15-13-27(14-16-28)21-12-8-11-19-20(17-18-9-6-5-7-10-18)23(26-22(19)21)33(4,30)31/h5-12,26H,13-17H2,1-4H3. The smallest absolute Gasteiger partial charge is 0.410 e. The van der Waals surface area contributed by atoms with Crippen LogP contribution in [0.15, 0.2) is 53.6 Å². The lowest BCUT2D eigenvalue weighted by Gasteiger charge is -2.37. The average molecular weight is 470 g/mol. The van der Waals surface area contributed by atoms with Gasteiger partial charge in [-0.3, -0.25) is 0 Å². The molecule has 8 heteroatoms. The molecule has 2 heterocycles. The molecule has 1 amide bonds. The van der Waals surface area contributed by atoms with E-state index in [1.807, 2.05) is 69.3 Å². The van der Waals surface area contributed by atoms with Gasteiger partial charge in [-0.05, 0) is 32.4 Å². The maximum absolute atomic E-state index is 12.6. The Hall–Kier alpha value is -3.00. The fourth-order valence-corrected chi connectivity index (χ4v) is 5.16. The summed E-state index contributed by atoms with van der Waals surface area (Å²) >= 11 is 0. The molecule has 7 nitrogen and oxygen atoms in total. The van der Waals surface area contributed by atoms with Crippen molar-refractivity contribution >= 4 is 32.5 Å². The van der Waals surface area contributed by atoms with Crippen LogP contribution in [0.4, 0.5) is 10.5 Å². The number of hydrogen-bond donors (Lipinski definition) is 1. The Bertz CT molecular complexity index is 1250. The van der Waals surface area contributed by atoms with Crippen molar-refractivity contribution in [1.82, 2.24) is 9.88 Å². The number of piperazine rings is 1. The summed E-state index contributed by atoms with van der Waals surface area (Å²) in [4.78, 5) is 19.5. The minimum Gasteiger partial charge on any atom is -0.444 e. The highest BCUT2D eigenvalue weighted by atomic mass is 32.2. The first-order valence-corrected chi connectivity index (χ1v) is 13.0. The highest BCUT2D eigenvalue weighted by Crippen LogP contribution is 2.34. The van der Waals surface area contributed by atoms with Gasteiger partial charge in [0.05, 0.1) is 11.2 Å². The number of anilines is 1. The van der Waals surface area contributed by atoms with Gasteiger partial charge >= 0.3 is 6.09 Å². The van der Waals surface area contributed by atoms with Gasteiger partial charge in [-0.25, -0.2) is 13.2 Å². The van der Waals surface area contributed by atoms with Crippen molar-refractivity contribution in [2.24, 2.45) is 0 Å². The number of ether oxygens (including phenoxy) is 1. The summed E-state index contributed by atoms with van der Waals surface area (Å²) < 4.78 is 30.8. The van der Waals surface area contributed by atoms with E-state index in [2.05, 4.69) is 9.88 Å². The monoisotopic (exact) mass is 469 g/mol. The van der Waals surface area contributed by atoms with E-state index in [1.54, 1.807) is 4.90 Å². The van der Waals surface area contributed by atoms with E-state index in [9.17, 15) is 13.2 Å². The molecular formula is C25H31N3O4S. The Labute approximate surface area is 195 Å². The first-order valence-electron chi connectivity index (χ1n) is 11.1. The molecule has 1 fully saturated rings. The van der Waals surface area contributed by atoms with Crippen LogP contribution in [0.25, 0.3) is 10.9 Å². The summed E-state index contributed by atoms with van der Waals surface area (Å²) in [7, 11) is -3.44. The van der Waals surface area contributed by atoms with Crippen LogP contribution >= 0.6 is 0 Å². The van der Waals surface area contributed by atoms with Gasteiger partial charge in [0.2, 0.25) is 0 Å². The van der Waals surface area contributed by atoms with Gasteiger partial charge in [0, 0.05) is 49.8 Å². The average Bonchev–Trinajstić information content (AvgIpc) is 3.12. The van der Waals surface area contributed by atoms with Gasteiger partial charge in [0.15, 0.2) is 9.84 Å². The zero-order chi connectivity index (χ0) is 23.8. The van der Waals surface area contributed by atoms with Crippen molar-refractivity contribution in [3.63, 3.8) is 0 Å². The number of sulfone groups is 1. The third-order valence-electron chi connectivity index (χ3n) is 5.75. The van der Waals surface area contributed by atoms with Crippen LogP contribution in [-0.4, -0.2) is 62.4 Å². The number of aromatic nitrogens is 1. The Morgan fingerprint density at radius 3 is 2.27 bits per heavy atom. The molecule has 33 heavy (non-hydrogen) atoms. The number of para-hydroxylation sites is 1. The number of hydrogen-bond acceptors (Lipinski definition) is 5. The van der Waals surface area contributed by atoms with Gasteiger partial charge in [-0.2, -0.15) is 0 Å². The van der Waals surface area contributed by atoms with E-state index in [-0.39, 0.29) is 11.1 Å². The molecule has 1 aliphatic rings. The van der Waals surface area contributed by atoms with Crippen LogP contribution in [0.2, 0.25) is 0 Å². The lowest BCUT2D eigenvalue weighted by molar-refractivity contribution is 0.0240. The van der Waals surface area contributed by atoms with E-state index in [0.717, 1.165) is 27.7 Å². The zero-order valence-corrected chi connectivity index (χ0v) is 20.4. The second kappa shape index (κ2) is 8.74. The molecule has 0 radical (unpaired) electrons. The number of nitrogens with zero attached hydrogens (tertiary/aromatic N) is 2. The van der Waals surface area contributed by atoms with Crippen LogP contribution in [0.1, 0.15) is 31.9 Å². The number of carbonyl (C=O) groups excluding carboxylic acids is 1. The van der Waals surface area contributed by atoms with E-state index in [0.29, 0.717) is 32.6 Å². The number of amides is 1. The van der Waals surface area contributed by atoms with E-state index >= 15 is 0 Å². The van der Waals surface area contributed by atoms with Gasteiger partial charge in [-0.15, -0.1) is 0 Å². The Kier molecular flexibility index (Phi) is 6.14. The van der Waals surface area contributed by atoms with E-state index in [4.69, 9.17) is 4.74 Å². The number of nitrogens with one attached hydrogen (secondary N) is 1. The summed E-state index contributed by atoms with van der Waals surface area (Å²) in [5.74, 6) is 0. The predicted molar refractivity (Wildman–Crippen MR) is 131 cm³/mol. The number of carbonyl (C=O) groups is 1. The van der Waals surface area contributed by atoms with Crippen LogP contribution in [0, 0.1) is 0 Å². The second-order valence-corrected chi connectivity index (χ2v) is 11.5. The molecule has 0 bridgehead atoms. The first-order chi connectivity index (χ1) is 15.5. The van der Waals surface area contributed by atoms with Crippen LogP contribution in [-0.2, 0) is 21.0 Å². The summed E-state index contributed by atoms with van der Waals surface area (Å²) in [5.41, 5.74) is 3.07. The highest BCUT2D eigenvalue weighted by Gasteiger charge is 2.28. The molecule has 0 unspecified atom stereocenters. The maximum atomic E-state index is 12.6. The molecule has 1 N–H and O–H groups in total. The summed E-state index contributed by atoms with van der Waals surface area (Å²) in [5, 5.41) is 1.17. The fourth-order valence-electron chi connectivity index (χ4n) is 4.25. The molecular weight excluding hydrogens is 438 g/mol. The number of H-pyrrole nitrogens is 1. The van der Waals surface area contributed by atoms with Gasteiger partial charge in [0.25, 0.3) is 0 Å². The first kappa shape index (κ1) is 23.2. The van der Waals surface area contributed by atoms with E-state index < -0.39 is 15.4 Å². The number of benzene rings is 2. The second-order valence-electron chi connectivity index (χ2n) is 9.52. The SMILES string of the molecule is CC(C)(C)OC(=O)N1CCN(c2cccc3c(Cc4ccccc4)c(S(C)(=O)=O)[nH]c23)CC1. The summed E-state index contributed by atoms with van der Waals surface area (Å²) in [6.07, 6.45) is 1.47. The molecule has 3 aromatic rings. The molecule has 4 rings (SSSR count). The molecule has 1 aromatic heterocycles. The number of fused-ring (bicyclic) bond motifs is 1. The molecule has 0 spiro atoms. The minimum atomic E-state index is -3.44. The summed E-state index contributed by atoms with van der Waals surface area (Å²) in [6, 6.07) is 15.8. The van der Waals surface area contributed by atoms with Crippen LogP contribution in [0.5, 0.6) is 0 Å². The predicted octanol–water partition coefficient (Wildman–Crippen LogP) is 4.22. The molecule has 176 valence electrons. The minimum absolute atomic E-state index is 0.265. The Balaban J connectivity index is 1.64. The van der Waals surface area contributed by atoms with Crippen molar-refractivity contribution in [1.29, 1.82) is 0 Å². The quantitative estimate of drug-likeness (QED) is 0.619. The van der Waals surface area contributed by atoms with Crippen molar-refractivity contribution in [3.05, 3.63) is 59.7 Å². The van der Waals surface area contributed by atoms with Crippen LogP contribution < -0.4 is 4.90 Å². The van der Waals surface area contributed by atoms with Gasteiger partial charge in [0.1, 0.15) is 10.6 Å². The Morgan fingerprint density at radius 2 is 1.67 bits per heavy atom. The fraction of sp³-hybridized carbons (Fsp3) is 0.400. The highest BCUT2D eigenvalue weighted by molar-refractivity contribution is 7.90. The van der Waals surface area contributed by atoms with Crippen molar-refractivity contribution < 1.29 is 17.9 Å². The number of aromatic amines is 1. The lowest BCUT2D eigenvalue weighted by Crippen LogP contribution is -2.50. The summed E-state index contributed by atoms with van der Waals surface area (Å²) in [6.45, 7) is 7.95. The van der Waals surface area contributed by atoms with Crippen molar-refractivity contribution in [2.75, 3.05) is 37.3 Å². The number of rotatable bonds is 4. The third kappa shape index (κ3) is 5.16. The van der Waals surface area contributed by atoms with Crippen LogP contribution in [0.3, 0.4) is 0 Å². The molecule has 0 aliphatic carbocycles. The lowest BCUT2D eigenvalue weighted by atomic mass is 10.0. The van der Waals surface area contributed by atoms with Crippen molar-refractivity contribution in [2.45, 2.75) is 37.8 Å². The normalized spacial score (nSPS) is 15.2. The largest absolute Gasteiger partial charge is 0.444 e. The topological polar surface area (TPSA) is 82.7 Å².